The number of aryl methyl sites for hydroxylation is 1. The predicted octanol–water partition coefficient (Wildman–Crippen LogP) is 2.05. The van der Waals surface area contributed by atoms with Crippen molar-refractivity contribution in [2.24, 2.45) is 0 Å². The molecule has 1 amide bonds. The second-order valence-corrected chi connectivity index (χ2v) is 5.61. The van der Waals surface area contributed by atoms with Crippen molar-refractivity contribution in [2.45, 2.75) is 19.5 Å². The van der Waals surface area contributed by atoms with E-state index in [1.165, 1.54) is 6.07 Å². The van der Waals surface area contributed by atoms with Crippen molar-refractivity contribution in [3.05, 3.63) is 88.4 Å². The number of aromatic nitrogens is 3. The average molecular weight is 322 g/mol. The Kier molecular flexibility index (Phi) is 4.56. The zero-order chi connectivity index (χ0) is 16.9. The van der Waals surface area contributed by atoms with Crippen LogP contribution in [0.3, 0.4) is 0 Å². The molecule has 0 aliphatic heterocycles. The fourth-order valence-corrected chi connectivity index (χ4v) is 2.58. The van der Waals surface area contributed by atoms with E-state index in [2.05, 4.69) is 15.3 Å². The summed E-state index contributed by atoms with van der Waals surface area (Å²) >= 11 is 0. The number of hydrogen-bond acceptors (Lipinski definition) is 3. The monoisotopic (exact) mass is 322 g/mol. The lowest BCUT2D eigenvalue weighted by molar-refractivity contribution is 0.0932. The molecule has 0 saturated heterocycles. The minimum Gasteiger partial charge on any atom is -0.343 e. The number of aromatic amines is 1. The summed E-state index contributed by atoms with van der Waals surface area (Å²) in [4.78, 5) is 30.8. The molecule has 2 heterocycles. The van der Waals surface area contributed by atoms with Gasteiger partial charge in [-0.15, -0.1) is 0 Å². The Bertz CT molecular complexity index is 870. The van der Waals surface area contributed by atoms with Crippen LogP contribution in [-0.4, -0.2) is 20.4 Å². The number of nitrogens with zero attached hydrogens (tertiary/aromatic N) is 2. The summed E-state index contributed by atoms with van der Waals surface area (Å²) in [6.07, 6.45) is 5.25. The number of carbonyl (C=O) groups is 1. The lowest BCUT2D eigenvalue weighted by Crippen LogP contribution is -2.32. The molecule has 122 valence electrons. The SMILES string of the molecule is Cc1cc(C(=O)N[C@H](Cn2ccnc2)c2ccccc2)cc(=O)[nH]1. The van der Waals surface area contributed by atoms with Crippen LogP contribution in [0.5, 0.6) is 0 Å². The van der Waals surface area contributed by atoms with Crippen molar-refractivity contribution in [3.63, 3.8) is 0 Å². The Labute approximate surface area is 139 Å². The molecule has 0 fully saturated rings. The van der Waals surface area contributed by atoms with Gasteiger partial charge in [-0.1, -0.05) is 30.3 Å². The van der Waals surface area contributed by atoms with E-state index in [0.29, 0.717) is 17.8 Å². The standard InChI is InChI=1S/C18H18N4O2/c1-13-9-15(10-17(23)20-13)18(24)21-16(11-22-8-7-19-12-22)14-5-3-2-4-6-14/h2-10,12,16H,11H2,1H3,(H,20,23)(H,21,24)/t16-/m1/s1. The van der Waals surface area contributed by atoms with Crippen LogP contribution in [-0.2, 0) is 6.54 Å². The van der Waals surface area contributed by atoms with Gasteiger partial charge in [-0.2, -0.15) is 0 Å². The normalized spacial score (nSPS) is 11.9. The fraction of sp³-hybridized carbons (Fsp3) is 0.167. The highest BCUT2D eigenvalue weighted by Crippen LogP contribution is 2.16. The summed E-state index contributed by atoms with van der Waals surface area (Å²) in [5, 5.41) is 3.00. The summed E-state index contributed by atoms with van der Waals surface area (Å²) < 4.78 is 1.90. The molecule has 3 aromatic rings. The van der Waals surface area contributed by atoms with Gasteiger partial charge in [-0.25, -0.2) is 4.98 Å². The number of imidazole rings is 1. The van der Waals surface area contributed by atoms with Crippen LogP contribution in [0.15, 0.2) is 66.0 Å². The number of nitrogens with one attached hydrogen (secondary N) is 2. The predicted molar refractivity (Wildman–Crippen MR) is 90.7 cm³/mol. The van der Waals surface area contributed by atoms with Gasteiger partial charge in [-0.3, -0.25) is 9.59 Å². The lowest BCUT2D eigenvalue weighted by atomic mass is 10.1. The number of pyridine rings is 1. The van der Waals surface area contributed by atoms with Gasteiger partial charge in [0.15, 0.2) is 0 Å². The van der Waals surface area contributed by atoms with Gasteiger partial charge in [-0.05, 0) is 18.6 Å². The summed E-state index contributed by atoms with van der Waals surface area (Å²) in [7, 11) is 0. The maximum atomic E-state index is 12.6. The summed E-state index contributed by atoms with van der Waals surface area (Å²) in [5.74, 6) is -0.279. The highest BCUT2D eigenvalue weighted by Gasteiger charge is 2.17. The van der Waals surface area contributed by atoms with E-state index in [9.17, 15) is 9.59 Å². The van der Waals surface area contributed by atoms with Crippen molar-refractivity contribution in [2.75, 3.05) is 0 Å². The lowest BCUT2D eigenvalue weighted by Gasteiger charge is -2.20. The van der Waals surface area contributed by atoms with E-state index in [1.54, 1.807) is 25.5 Å². The third-order valence-corrected chi connectivity index (χ3v) is 3.70. The molecule has 2 aromatic heterocycles. The Morgan fingerprint density at radius 3 is 2.75 bits per heavy atom. The smallest absolute Gasteiger partial charge is 0.252 e. The molecule has 6 nitrogen and oxygen atoms in total. The Hall–Kier alpha value is -3.15. The molecule has 6 heteroatoms. The molecule has 0 unspecified atom stereocenters. The first-order valence-corrected chi connectivity index (χ1v) is 7.64. The molecule has 1 atom stereocenters. The summed E-state index contributed by atoms with van der Waals surface area (Å²) in [6, 6.07) is 12.5. The number of amides is 1. The molecular formula is C18H18N4O2. The van der Waals surface area contributed by atoms with Gasteiger partial charge in [0.05, 0.1) is 12.4 Å². The Morgan fingerprint density at radius 1 is 1.29 bits per heavy atom. The van der Waals surface area contributed by atoms with E-state index in [-0.39, 0.29) is 17.5 Å². The quantitative estimate of drug-likeness (QED) is 0.754. The van der Waals surface area contributed by atoms with E-state index < -0.39 is 0 Å². The molecule has 24 heavy (non-hydrogen) atoms. The highest BCUT2D eigenvalue weighted by molar-refractivity contribution is 5.94. The molecule has 2 N–H and O–H groups in total. The highest BCUT2D eigenvalue weighted by atomic mass is 16.2. The van der Waals surface area contributed by atoms with Crippen LogP contribution in [0.1, 0.15) is 27.7 Å². The first-order chi connectivity index (χ1) is 11.6. The molecular weight excluding hydrogens is 304 g/mol. The number of benzene rings is 1. The van der Waals surface area contributed by atoms with Gasteiger partial charge < -0.3 is 14.9 Å². The minimum atomic E-state index is -0.286. The summed E-state index contributed by atoms with van der Waals surface area (Å²) in [6.45, 7) is 2.30. The van der Waals surface area contributed by atoms with E-state index in [1.807, 2.05) is 41.1 Å². The molecule has 3 rings (SSSR count). The largest absolute Gasteiger partial charge is 0.343 e. The number of hydrogen-bond donors (Lipinski definition) is 2. The van der Waals surface area contributed by atoms with E-state index in [0.717, 1.165) is 5.56 Å². The zero-order valence-electron chi connectivity index (χ0n) is 13.3. The van der Waals surface area contributed by atoms with Crippen molar-refractivity contribution >= 4 is 5.91 Å². The van der Waals surface area contributed by atoms with Gasteiger partial charge in [0.2, 0.25) is 5.56 Å². The van der Waals surface area contributed by atoms with Crippen LogP contribution in [0.25, 0.3) is 0 Å². The number of H-pyrrole nitrogens is 1. The third-order valence-electron chi connectivity index (χ3n) is 3.70. The third kappa shape index (κ3) is 3.78. The van der Waals surface area contributed by atoms with Crippen LogP contribution < -0.4 is 10.9 Å². The van der Waals surface area contributed by atoms with Crippen LogP contribution >= 0.6 is 0 Å². The van der Waals surface area contributed by atoms with Crippen molar-refractivity contribution in [1.29, 1.82) is 0 Å². The van der Waals surface area contributed by atoms with Gasteiger partial charge in [0, 0.05) is 36.3 Å². The molecule has 1 aromatic carbocycles. The zero-order valence-corrected chi connectivity index (χ0v) is 13.3. The Morgan fingerprint density at radius 2 is 2.08 bits per heavy atom. The first-order valence-electron chi connectivity index (χ1n) is 7.64. The van der Waals surface area contributed by atoms with Crippen LogP contribution in [0.4, 0.5) is 0 Å². The van der Waals surface area contributed by atoms with Gasteiger partial charge >= 0.3 is 0 Å². The first kappa shape index (κ1) is 15.7. The van der Waals surface area contributed by atoms with Crippen molar-refractivity contribution in [3.8, 4) is 0 Å². The van der Waals surface area contributed by atoms with Crippen LogP contribution in [0.2, 0.25) is 0 Å². The molecule has 0 bridgehead atoms. The minimum absolute atomic E-state index is 0.229. The molecule has 0 aliphatic rings. The second-order valence-electron chi connectivity index (χ2n) is 5.61. The van der Waals surface area contributed by atoms with E-state index in [4.69, 9.17) is 0 Å². The van der Waals surface area contributed by atoms with Crippen molar-refractivity contribution < 1.29 is 4.79 Å². The molecule has 0 aliphatic carbocycles. The number of carbonyl (C=O) groups excluding carboxylic acids is 1. The maximum absolute atomic E-state index is 12.6. The van der Waals surface area contributed by atoms with Crippen molar-refractivity contribution in [1.82, 2.24) is 19.9 Å². The maximum Gasteiger partial charge on any atom is 0.252 e. The average Bonchev–Trinajstić information content (AvgIpc) is 3.07. The second kappa shape index (κ2) is 6.95. The van der Waals surface area contributed by atoms with Gasteiger partial charge in [0.1, 0.15) is 0 Å². The molecule has 0 saturated carbocycles. The molecule has 0 spiro atoms. The number of rotatable bonds is 5. The van der Waals surface area contributed by atoms with E-state index >= 15 is 0 Å². The Balaban J connectivity index is 1.85. The summed E-state index contributed by atoms with van der Waals surface area (Å²) in [5.41, 5.74) is 1.70. The fourth-order valence-electron chi connectivity index (χ4n) is 2.58. The van der Waals surface area contributed by atoms with Crippen LogP contribution in [0, 0.1) is 6.92 Å². The topological polar surface area (TPSA) is 79.8 Å². The van der Waals surface area contributed by atoms with Gasteiger partial charge in [0.25, 0.3) is 5.91 Å². The molecule has 0 radical (unpaired) electrons.